The summed E-state index contributed by atoms with van der Waals surface area (Å²) < 4.78 is 5.33. The quantitative estimate of drug-likeness (QED) is 0.911. The van der Waals surface area contributed by atoms with Crippen molar-refractivity contribution in [2.75, 3.05) is 14.1 Å². The number of hydrogen-bond acceptors (Lipinski definition) is 3. The van der Waals surface area contributed by atoms with Crippen LogP contribution in [0.2, 0.25) is 0 Å². The van der Waals surface area contributed by atoms with E-state index >= 15 is 0 Å². The lowest BCUT2D eigenvalue weighted by atomic mass is 9.97. The van der Waals surface area contributed by atoms with Gasteiger partial charge in [-0.2, -0.15) is 0 Å². The van der Waals surface area contributed by atoms with Gasteiger partial charge in [-0.25, -0.2) is 4.79 Å². The van der Waals surface area contributed by atoms with Crippen LogP contribution < -0.4 is 5.32 Å². The van der Waals surface area contributed by atoms with Crippen molar-refractivity contribution in [1.29, 1.82) is 0 Å². The molecule has 0 bridgehead atoms. The number of rotatable bonds is 2. The molecular formula is C18H26N2O3. The van der Waals surface area contributed by atoms with Gasteiger partial charge in [-0.1, -0.05) is 6.07 Å². The van der Waals surface area contributed by atoms with Gasteiger partial charge in [0.2, 0.25) is 0 Å². The van der Waals surface area contributed by atoms with Crippen molar-refractivity contribution in [2.45, 2.75) is 52.2 Å². The van der Waals surface area contributed by atoms with Gasteiger partial charge < -0.3 is 15.0 Å². The average Bonchev–Trinajstić information content (AvgIpc) is 2.80. The molecule has 126 valence electrons. The minimum atomic E-state index is -0.510. The number of carbonyl (C=O) groups excluding carboxylic acids is 2. The zero-order valence-corrected chi connectivity index (χ0v) is 14.8. The summed E-state index contributed by atoms with van der Waals surface area (Å²) in [5.41, 5.74) is 3.48. The average molecular weight is 318 g/mol. The van der Waals surface area contributed by atoms with Crippen molar-refractivity contribution in [2.24, 2.45) is 0 Å². The van der Waals surface area contributed by atoms with Gasteiger partial charge in [-0.15, -0.1) is 0 Å². The minimum Gasteiger partial charge on any atom is -0.444 e. The molecule has 1 aliphatic rings. The van der Waals surface area contributed by atoms with Crippen LogP contribution >= 0.6 is 0 Å². The van der Waals surface area contributed by atoms with Crippen LogP contribution in [0.1, 0.15) is 60.3 Å². The van der Waals surface area contributed by atoms with E-state index in [0.717, 1.165) is 29.5 Å². The predicted octanol–water partition coefficient (Wildman–Crippen LogP) is 3.21. The number of ether oxygens (including phenoxy) is 1. The summed E-state index contributed by atoms with van der Waals surface area (Å²) in [6, 6.07) is 3.75. The van der Waals surface area contributed by atoms with Gasteiger partial charge in [0.15, 0.2) is 0 Å². The van der Waals surface area contributed by atoms with Gasteiger partial charge in [0.25, 0.3) is 5.91 Å². The fourth-order valence-corrected chi connectivity index (χ4v) is 2.95. The molecule has 0 spiro atoms. The van der Waals surface area contributed by atoms with Crippen molar-refractivity contribution in [3.8, 4) is 0 Å². The molecule has 2 amide bonds. The van der Waals surface area contributed by atoms with Crippen molar-refractivity contribution in [3.63, 3.8) is 0 Å². The Bertz CT molecular complexity index is 630. The number of amides is 2. The van der Waals surface area contributed by atoms with Gasteiger partial charge in [-0.3, -0.25) is 4.79 Å². The van der Waals surface area contributed by atoms with Crippen molar-refractivity contribution < 1.29 is 14.3 Å². The molecule has 1 aromatic rings. The summed E-state index contributed by atoms with van der Waals surface area (Å²) in [6.45, 7) is 7.51. The summed E-state index contributed by atoms with van der Waals surface area (Å²) in [6.07, 6.45) is 1.28. The summed E-state index contributed by atoms with van der Waals surface area (Å²) in [7, 11) is 3.50. The van der Waals surface area contributed by atoms with Gasteiger partial charge in [0, 0.05) is 19.7 Å². The van der Waals surface area contributed by atoms with Crippen molar-refractivity contribution in [3.05, 3.63) is 34.4 Å². The lowest BCUT2D eigenvalue weighted by Gasteiger charge is -2.22. The molecule has 0 fully saturated rings. The highest BCUT2D eigenvalue weighted by Crippen LogP contribution is 2.35. The third-order valence-electron chi connectivity index (χ3n) is 4.02. The molecule has 1 aromatic carbocycles. The largest absolute Gasteiger partial charge is 0.444 e. The molecule has 1 atom stereocenters. The van der Waals surface area contributed by atoms with Crippen LogP contribution in [0.25, 0.3) is 0 Å². The first-order valence-electron chi connectivity index (χ1n) is 7.93. The number of alkyl carbamates (subject to hydrolysis) is 1. The van der Waals surface area contributed by atoms with E-state index in [9.17, 15) is 9.59 Å². The Morgan fingerprint density at radius 2 is 1.91 bits per heavy atom. The number of nitrogens with one attached hydrogen (secondary N) is 1. The molecule has 1 N–H and O–H groups in total. The zero-order valence-electron chi connectivity index (χ0n) is 14.8. The topological polar surface area (TPSA) is 58.6 Å². The molecule has 0 radical (unpaired) electrons. The first kappa shape index (κ1) is 17.3. The number of carbonyl (C=O) groups is 2. The van der Waals surface area contributed by atoms with Crippen LogP contribution in [0.4, 0.5) is 4.79 Å². The normalized spacial score (nSPS) is 16.7. The second kappa shape index (κ2) is 6.22. The molecule has 0 saturated heterocycles. The monoisotopic (exact) mass is 318 g/mol. The van der Waals surface area contributed by atoms with Crippen molar-refractivity contribution in [1.82, 2.24) is 10.2 Å². The fraction of sp³-hybridized carbons (Fsp3) is 0.556. The van der Waals surface area contributed by atoms with Crippen LogP contribution in [0, 0.1) is 6.92 Å². The van der Waals surface area contributed by atoms with Crippen LogP contribution in [0.5, 0.6) is 0 Å². The van der Waals surface area contributed by atoms with Gasteiger partial charge in [-0.05, 0) is 63.3 Å². The summed E-state index contributed by atoms with van der Waals surface area (Å²) in [5, 5.41) is 2.93. The Morgan fingerprint density at radius 3 is 2.48 bits per heavy atom. The highest BCUT2D eigenvalue weighted by molar-refractivity contribution is 5.95. The van der Waals surface area contributed by atoms with Gasteiger partial charge in [0.05, 0.1) is 6.04 Å². The maximum Gasteiger partial charge on any atom is 0.408 e. The third kappa shape index (κ3) is 3.84. The zero-order chi connectivity index (χ0) is 17.4. The van der Waals surface area contributed by atoms with E-state index in [-0.39, 0.29) is 11.9 Å². The first-order chi connectivity index (χ1) is 10.6. The summed E-state index contributed by atoms with van der Waals surface area (Å²) >= 11 is 0. The van der Waals surface area contributed by atoms with E-state index in [0.29, 0.717) is 0 Å². The highest BCUT2D eigenvalue weighted by atomic mass is 16.6. The molecule has 5 heteroatoms. The predicted molar refractivity (Wildman–Crippen MR) is 89.6 cm³/mol. The molecule has 0 aromatic heterocycles. The molecule has 5 nitrogen and oxygen atoms in total. The third-order valence-corrected chi connectivity index (χ3v) is 4.02. The smallest absolute Gasteiger partial charge is 0.408 e. The van der Waals surface area contributed by atoms with E-state index in [1.807, 2.05) is 39.8 Å². The molecule has 0 saturated carbocycles. The second-order valence-corrected chi connectivity index (χ2v) is 7.24. The standard InChI is InChI=1S/C18H26N2O3/c1-11-12-9-10-15(19-17(22)23-18(2,3)4)14(12)8-7-13(11)16(21)20(5)6/h7-8,15H,9-10H2,1-6H3,(H,19,22)/t15-/m0/s1. The van der Waals surface area contributed by atoms with Crippen LogP contribution in [0.3, 0.4) is 0 Å². The van der Waals surface area contributed by atoms with E-state index < -0.39 is 11.7 Å². The van der Waals surface area contributed by atoms with Crippen molar-refractivity contribution >= 4 is 12.0 Å². The molecule has 0 unspecified atom stereocenters. The maximum atomic E-state index is 12.2. The molecule has 0 heterocycles. The second-order valence-electron chi connectivity index (χ2n) is 7.24. The maximum absolute atomic E-state index is 12.2. The van der Waals surface area contributed by atoms with Crippen LogP contribution in [0.15, 0.2) is 12.1 Å². The molecular weight excluding hydrogens is 292 g/mol. The molecule has 0 aliphatic heterocycles. The van der Waals surface area contributed by atoms with Crippen LogP contribution in [-0.4, -0.2) is 36.6 Å². The lowest BCUT2D eigenvalue weighted by Crippen LogP contribution is -2.34. The van der Waals surface area contributed by atoms with E-state index in [1.54, 1.807) is 19.0 Å². The molecule has 1 aliphatic carbocycles. The summed E-state index contributed by atoms with van der Waals surface area (Å²) in [5.74, 6) is 0.00820. The Labute approximate surface area is 138 Å². The number of benzene rings is 1. The highest BCUT2D eigenvalue weighted by Gasteiger charge is 2.29. The Balaban J connectivity index is 2.20. The Kier molecular flexibility index (Phi) is 4.68. The van der Waals surface area contributed by atoms with E-state index in [1.165, 1.54) is 5.56 Å². The minimum absolute atomic E-state index is 0.00820. The SMILES string of the molecule is Cc1c(C(=O)N(C)C)ccc2c1CC[C@@H]2NC(=O)OC(C)(C)C. The molecule has 23 heavy (non-hydrogen) atoms. The first-order valence-corrected chi connectivity index (χ1v) is 7.93. The Morgan fingerprint density at radius 1 is 1.26 bits per heavy atom. The van der Waals surface area contributed by atoms with Gasteiger partial charge >= 0.3 is 6.09 Å². The van der Waals surface area contributed by atoms with Gasteiger partial charge in [0.1, 0.15) is 5.60 Å². The van der Waals surface area contributed by atoms with Crippen LogP contribution in [-0.2, 0) is 11.2 Å². The van der Waals surface area contributed by atoms with E-state index in [4.69, 9.17) is 4.74 Å². The summed E-state index contributed by atoms with van der Waals surface area (Å²) in [4.78, 5) is 25.8. The van der Waals surface area contributed by atoms with E-state index in [2.05, 4.69) is 5.32 Å². The molecule has 2 rings (SSSR count). The Hall–Kier alpha value is -2.04. The number of nitrogens with zero attached hydrogens (tertiary/aromatic N) is 1. The number of hydrogen-bond donors (Lipinski definition) is 1. The lowest BCUT2D eigenvalue weighted by molar-refractivity contribution is 0.0503. The number of fused-ring (bicyclic) bond motifs is 1. The fourth-order valence-electron chi connectivity index (χ4n) is 2.95.